The van der Waals surface area contributed by atoms with Crippen LogP contribution in [-0.2, 0) is 4.79 Å². The van der Waals surface area contributed by atoms with E-state index in [1.54, 1.807) is 0 Å². The van der Waals surface area contributed by atoms with E-state index in [9.17, 15) is 9.90 Å². The van der Waals surface area contributed by atoms with E-state index in [4.69, 9.17) is 0 Å². The summed E-state index contributed by atoms with van der Waals surface area (Å²) in [5.41, 5.74) is 0. The third-order valence-corrected chi connectivity index (χ3v) is 1.96. The molecule has 0 bridgehead atoms. The predicted octanol–water partition coefficient (Wildman–Crippen LogP) is -2.31. The minimum absolute atomic E-state index is 0. The van der Waals surface area contributed by atoms with Gasteiger partial charge in [0.25, 0.3) is 0 Å². The summed E-state index contributed by atoms with van der Waals surface area (Å²) in [5, 5.41) is 13.1. The number of carboxylic acids is 1. The fourth-order valence-electron chi connectivity index (χ4n) is 1.17. The Kier molecular flexibility index (Phi) is 16.2. The van der Waals surface area contributed by atoms with Crippen LogP contribution in [0.1, 0.15) is 45.4 Å². The van der Waals surface area contributed by atoms with Crippen molar-refractivity contribution in [1.82, 2.24) is 5.32 Å². The molecule has 0 aliphatic carbocycles. The Morgan fingerprint density at radius 3 is 2.36 bits per heavy atom. The smallest absolute Gasteiger partial charge is 0.550 e. The first-order valence-electron chi connectivity index (χ1n) is 5.18. The number of carboxylic acid groups (broad SMARTS) is 1. The molecule has 0 aromatic carbocycles. The zero-order valence-electron chi connectivity index (χ0n) is 9.47. The van der Waals surface area contributed by atoms with Crippen molar-refractivity contribution in [2.75, 3.05) is 13.1 Å². The molecule has 0 unspecified atom stereocenters. The van der Waals surface area contributed by atoms with Crippen molar-refractivity contribution in [2.24, 2.45) is 0 Å². The normalized spacial score (nSPS) is 9.50. The minimum Gasteiger partial charge on any atom is -0.550 e. The average Bonchev–Trinajstić information content (AvgIpc) is 2.09. The fourth-order valence-corrected chi connectivity index (χ4v) is 1.17. The average molecular weight is 209 g/mol. The number of rotatable bonds is 9. The second-order valence-electron chi connectivity index (χ2n) is 3.29. The fraction of sp³-hybridized carbons (Fsp3) is 0.900. The van der Waals surface area contributed by atoms with E-state index in [1.165, 1.54) is 25.7 Å². The van der Waals surface area contributed by atoms with Crippen molar-refractivity contribution < 1.29 is 39.5 Å². The molecule has 0 aliphatic rings. The number of aliphatic carboxylic acids is 1. The summed E-state index contributed by atoms with van der Waals surface area (Å²) < 4.78 is 0. The Bertz CT molecular complexity index is 131. The molecule has 4 heteroatoms. The summed E-state index contributed by atoms with van der Waals surface area (Å²) in [6.07, 6.45) is 6.37. The first-order chi connectivity index (χ1) is 6.27. The van der Waals surface area contributed by atoms with Crippen LogP contribution in [0.15, 0.2) is 0 Å². The van der Waals surface area contributed by atoms with Crippen molar-refractivity contribution >= 4 is 5.97 Å². The van der Waals surface area contributed by atoms with Gasteiger partial charge in [-0.25, -0.2) is 0 Å². The third kappa shape index (κ3) is 14.9. The van der Waals surface area contributed by atoms with Crippen LogP contribution in [0, 0.1) is 0 Å². The molecule has 0 amide bonds. The summed E-state index contributed by atoms with van der Waals surface area (Å²) in [6, 6.07) is 0. The van der Waals surface area contributed by atoms with E-state index < -0.39 is 5.97 Å². The number of carbonyl (C=O) groups is 1. The van der Waals surface area contributed by atoms with Crippen LogP contribution < -0.4 is 40.0 Å². The van der Waals surface area contributed by atoms with Gasteiger partial charge in [-0.2, -0.15) is 0 Å². The van der Waals surface area contributed by atoms with E-state index in [0.717, 1.165) is 13.0 Å². The molecule has 0 saturated heterocycles. The number of nitrogens with one attached hydrogen (secondary N) is 1. The Morgan fingerprint density at radius 2 is 1.79 bits per heavy atom. The first kappa shape index (κ1) is 16.8. The monoisotopic (exact) mass is 209 g/mol. The van der Waals surface area contributed by atoms with E-state index >= 15 is 0 Å². The summed E-state index contributed by atoms with van der Waals surface area (Å²) in [6.45, 7) is 3.66. The van der Waals surface area contributed by atoms with Gasteiger partial charge in [-0.3, -0.25) is 0 Å². The van der Waals surface area contributed by atoms with Crippen molar-refractivity contribution in [2.45, 2.75) is 45.4 Å². The van der Waals surface area contributed by atoms with Gasteiger partial charge in [-0.15, -0.1) is 0 Å². The number of hydrogen-bond donors (Lipinski definition) is 1. The number of unbranched alkanes of at least 4 members (excludes halogenated alkanes) is 4. The second-order valence-corrected chi connectivity index (χ2v) is 3.29. The molecular formula is C10H20NNaO2. The maximum absolute atomic E-state index is 10.0. The van der Waals surface area contributed by atoms with E-state index in [2.05, 4.69) is 12.2 Å². The molecule has 0 atom stereocenters. The molecule has 0 heterocycles. The minimum atomic E-state index is -0.974. The van der Waals surface area contributed by atoms with Crippen LogP contribution in [0.4, 0.5) is 0 Å². The maximum Gasteiger partial charge on any atom is 1.00 e. The Balaban J connectivity index is 0. The Hall–Kier alpha value is 0.430. The molecule has 0 fully saturated rings. The summed E-state index contributed by atoms with van der Waals surface area (Å²) in [4.78, 5) is 10.0. The molecule has 14 heavy (non-hydrogen) atoms. The van der Waals surface area contributed by atoms with Crippen molar-refractivity contribution in [1.29, 1.82) is 0 Å². The van der Waals surface area contributed by atoms with Crippen LogP contribution in [0.5, 0.6) is 0 Å². The van der Waals surface area contributed by atoms with Gasteiger partial charge in [-0.1, -0.05) is 32.6 Å². The topological polar surface area (TPSA) is 52.2 Å². The molecule has 0 aromatic rings. The number of hydrogen-bond acceptors (Lipinski definition) is 3. The van der Waals surface area contributed by atoms with Gasteiger partial charge in [0.2, 0.25) is 0 Å². The summed E-state index contributed by atoms with van der Waals surface area (Å²) in [5.74, 6) is -0.974. The van der Waals surface area contributed by atoms with Gasteiger partial charge >= 0.3 is 29.6 Å². The van der Waals surface area contributed by atoms with Crippen LogP contribution in [0.25, 0.3) is 0 Å². The third-order valence-electron chi connectivity index (χ3n) is 1.96. The quantitative estimate of drug-likeness (QED) is 0.343. The molecule has 0 aromatic heterocycles. The van der Waals surface area contributed by atoms with Crippen LogP contribution in [0.3, 0.4) is 0 Å². The SMILES string of the molecule is CCCCCCCNCCC(=O)[O-].[Na+]. The first-order valence-corrected chi connectivity index (χ1v) is 5.18. The van der Waals surface area contributed by atoms with E-state index in [-0.39, 0.29) is 36.0 Å². The van der Waals surface area contributed by atoms with Gasteiger partial charge < -0.3 is 15.2 Å². The molecule has 0 aliphatic heterocycles. The van der Waals surface area contributed by atoms with Gasteiger partial charge in [0, 0.05) is 12.5 Å². The molecular weight excluding hydrogens is 189 g/mol. The van der Waals surface area contributed by atoms with Crippen molar-refractivity contribution in [3.05, 3.63) is 0 Å². The largest absolute Gasteiger partial charge is 1.00 e. The van der Waals surface area contributed by atoms with Gasteiger partial charge in [0.05, 0.1) is 0 Å². The zero-order valence-corrected chi connectivity index (χ0v) is 11.5. The van der Waals surface area contributed by atoms with Crippen molar-refractivity contribution in [3.8, 4) is 0 Å². The van der Waals surface area contributed by atoms with Gasteiger partial charge in [-0.05, 0) is 19.4 Å². The van der Waals surface area contributed by atoms with Gasteiger partial charge in [0.1, 0.15) is 0 Å². The maximum atomic E-state index is 10.0. The molecule has 1 N–H and O–H groups in total. The van der Waals surface area contributed by atoms with Crippen molar-refractivity contribution in [3.63, 3.8) is 0 Å². The molecule has 0 radical (unpaired) electrons. The zero-order chi connectivity index (χ0) is 9.94. The van der Waals surface area contributed by atoms with E-state index in [1.807, 2.05) is 0 Å². The Labute approximate surface area is 109 Å². The number of carbonyl (C=O) groups excluding carboxylic acids is 1. The molecule has 78 valence electrons. The van der Waals surface area contributed by atoms with Crippen LogP contribution >= 0.6 is 0 Å². The molecule has 0 spiro atoms. The molecule has 0 saturated carbocycles. The second kappa shape index (κ2) is 13.4. The summed E-state index contributed by atoms with van der Waals surface area (Å²) in [7, 11) is 0. The van der Waals surface area contributed by atoms with Crippen LogP contribution in [0.2, 0.25) is 0 Å². The predicted molar refractivity (Wildman–Crippen MR) is 51.3 cm³/mol. The molecule has 3 nitrogen and oxygen atoms in total. The van der Waals surface area contributed by atoms with Crippen LogP contribution in [-0.4, -0.2) is 19.1 Å². The summed E-state index contributed by atoms with van der Waals surface area (Å²) >= 11 is 0. The standard InChI is InChI=1S/C10H21NO2.Na/c1-2-3-4-5-6-8-11-9-7-10(12)13;/h11H,2-9H2,1H3,(H,12,13);/q;+1/p-1. The van der Waals surface area contributed by atoms with E-state index in [0.29, 0.717) is 6.54 Å². The van der Waals surface area contributed by atoms with Gasteiger partial charge in [0.15, 0.2) is 0 Å². The Morgan fingerprint density at radius 1 is 1.14 bits per heavy atom. The molecule has 0 rings (SSSR count).